The van der Waals surface area contributed by atoms with Crippen LogP contribution in [0.1, 0.15) is 57.5 Å². The van der Waals surface area contributed by atoms with Gasteiger partial charge in [0, 0.05) is 17.0 Å². The Morgan fingerprint density at radius 3 is 1.37 bits per heavy atom. The van der Waals surface area contributed by atoms with E-state index in [9.17, 15) is 0 Å². The number of benzene rings is 1. The number of hydrogen-bond acceptors (Lipinski definition) is 15. The number of aryl methyl sites for hydroxylation is 1. The number of hydrogen-bond donors (Lipinski definition) is 0. The van der Waals surface area contributed by atoms with E-state index in [2.05, 4.69) is 61.9 Å². The minimum Gasteiger partial charge on any atom is -0.356 e. The third-order valence-electron chi connectivity index (χ3n) is 7.20. The van der Waals surface area contributed by atoms with Gasteiger partial charge in [0.1, 0.15) is 5.69 Å². The molecule has 0 saturated carbocycles. The summed E-state index contributed by atoms with van der Waals surface area (Å²) in [5, 5.41) is 53.3. The van der Waals surface area contributed by atoms with E-state index in [1.54, 1.807) is 6.20 Å². The molecule has 0 bridgehead atoms. The van der Waals surface area contributed by atoms with Crippen LogP contribution in [0, 0.1) is 94.6 Å². The molecule has 0 spiro atoms. The first kappa shape index (κ1) is 44.7. The van der Waals surface area contributed by atoms with E-state index in [1.165, 1.54) is 5.56 Å². The second-order valence-corrected chi connectivity index (χ2v) is 12.0. The monoisotopic (exact) mass is 840 g/mol. The maximum absolute atomic E-state index is 8.25. The molecule has 1 aliphatic carbocycles. The first-order valence-electron chi connectivity index (χ1n) is 15.0. The van der Waals surface area contributed by atoms with Crippen LogP contribution in [0.15, 0.2) is 91.1 Å². The molecule has 18 nitrogen and oxygen atoms in total. The molecule has 0 N–H and O–H groups in total. The topological polar surface area (TPSA) is 276 Å². The van der Waals surface area contributed by atoms with Crippen molar-refractivity contribution < 1.29 is 57.0 Å². The summed E-state index contributed by atoms with van der Waals surface area (Å²) in [6.07, 6.45) is 3.92. The average Bonchev–Trinajstić information content (AvgIpc) is 3.07. The van der Waals surface area contributed by atoms with E-state index < -0.39 is 15.3 Å². The van der Waals surface area contributed by atoms with E-state index >= 15 is 0 Å². The minimum absolute atomic E-state index is 0. The van der Waals surface area contributed by atoms with Crippen LogP contribution >= 0.6 is 0 Å². The summed E-state index contributed by atoms with van der Waals surface area (Å²) in [5.41, 5.74) is 7.18. The Morgan fingerprint density at radius 1 is 0.519 bits per heavy atom. The predicted molar refractivity (Wildman–Crippen MR) is 187 cm³/mol. The standard InChI is InChI=1S/C26H26N6.C7H8.Ce.3NO3/c1-25(2)14-15-26(3,4)23-22(25)30-24(32-31-23)21-13-8-12-20(29-21)19-11-7-10-18(28-19)17-9-5-6-16-27-17;1-7-5-3-2-4-6-7;;3*2-1(3)4/h5-13,16H,14-15H2,1-4H3;2-6H,1H3;;;;/q;;+3;3*-1. The molecule has 52 heavy (non-hydrogen) atoms. The molecule has 5 aromatic rings. The quantitative estimate of drug-likeness (QED) is 0.135. The Bertz CT molecular complexity index is 1860. The Morgan fingerprint density at radius 2 is 0.923 bits per heavy atom. The van der Waals surface area contributed by atoms with Gasteiger partial charge in [-0.15, -0.1) is 5.10 Å². The molecule has 0 amide bonds. The van der Waals surface area contributed by atoms with Gasteiger partial charge in [0.05, 0.1) is 49.4 Å². The Hall–Kier alpha value is -5.34. The number of pyridine rings is 3. The minimum atomic E-state index is -1.75. The van der Waals surface area contributed by atoms with Crippen LogP contribution in [0.25, 0.3) is 34.3 Å². The third-order valence-corrected chi connectivity index (χ3v) is 7.20. The van der Waals surface area contributed by atoms with Crippen molar-refractivity contribution in [3.63, 3.8) is 0 Å². The van der Waals surface area contributed by atoms with Crippen LogP contribution in [-0.4, -0.2) is 45.4 Å². The van der Waals surface area contributed by atoms with Crippen molar-refractivity contribution in [3.8, 4) is 34.3 Å². The van der Waals surface area contributed by atoms with Crippen LogP contribution in [0.2, 0.25) is 0 Å². The van der Waals surface area contributed by atoms with Crippen molar-refractivity contribution in [2.75, 3.05) is 0 Å². The third kappa shape index (κ3) is 15.3. The summed E-state index contributed by atoms with van der Waals surface area (Å²) >= 11 is 0. The fourth-order valence-electron chi connectivity index (χ4n) is 4.69. The summed E-state index contributed by atoms with van der Waals surface area (Å²) in [4.78, 5) is 43.7. The number of aromatic nitrogens is 6. The zero-order chi connectivity index (χ0) is 38.2. The van der Waals surface area contributed by atoms with Crippen molar-refractivity contribution in [2.45, 2.75) is 58.3 Å². The van der Waals surface area contributed by atoms with Crippen LogP contribution in [0.5, 0.6) is 0 Å². The Labute approximate surface area is 331 Å². The summed E-state index contributed by atoms with van der Waals surface area (Å²) in [5.74, 6) is 0.553. The Kier molecular flexibility index (Phi) is 18.1. The molecule has 19 heteroatoms. The summed E-state index contributed by atoms with van der Waals surface area (Å²) in [6.45, 7) is 11.0. The van der Waals surface area contributed by atoms with Gasteiger partial charge in [-0.3, -0.25) is 4.98 Å². The van der Waals surface area contributed by atoms with Gasteiger partial charge in [-0.05, 0) is 56.2 Å². The van der Waals surface area contributed by atoms with Crippen molar-refractivity contribution in [3.05, 3.63) is 154 Å². The van der Waals surface area contributed by atoms with Gasteiger partial charge in [-0.2, -0.15) is 5.10 Å². The number of fused-ring (bicyclic) bond motifs is 1. The van der Waals surface area contributed by atoms with Crippen LogP contribution < -0.4 is 0 Å². The molecule has 0 atom stereocenters. The van der Waals surface area contributed by atoms with Gasteiger partial charge in [0.15, 0.2) is 0 Å². The summed E-state index contributed by atoms with van der Waals surface area (Å²) in [6, 6.07) is 27.8. The fraction of sp³-hybridized carbons (Fsp3) is 0.273. The maximum Gasteiger partial charge on any atom is 3.00 e. The maximum atomic E-state index is 8.25. The Balaban J connectivity index is 0.000000557. The van der Waals surface area contributed by atoms with E-state index in [-0.39, 0.29) is 52.6 Å². The summed E-state index contributed by atoms with van der Waals surface area (Å²) < 4.78 is 0. The van der Waals surface area contributed by atoms with Crippen molar-refractivity contribution in [2.24, 2.45) is 0 Å². The van der Waals surface area contributed by atoms with E-state index in [4.69, 9.17) is 60.9 Å². The van der Waals surface area contributed by atoms with Gasteiger partial charge in [0.2, 0.25) is 5.82 Å². The molecule has 4 heterocycles. The molecule has 0 fully saturated rings. The molecular formula is C33H34CeN9O9. The van der Waals surface area contributed by atoms with Crippen LogP contribution in [0.4, 0.5) is 0 Å². The molecule has 1 aromatic carbocycles. The molecular weight excluding hydrogens is 807 g/mol. The molecule has 0 unspecified atom stereocenters. The molecule has 0 saturated heterocycles. The summed E-state index contributed by atoms with van der Waals surface area (Å²) in [7, 11) is 0. The number of rotatable bonds is 3. The van der Waals surface area contributed by atoms with Crippen molar-refractivity contribution >= 4 is 0 Å². The van der Waals surface area contributed by atoms with Gasteiger partial charge >= 0.3 is 41.7 Å². The van der Waals surface area contributed by atoms with Crippen LogP contribution in [-0.2, 0) is 10.8 Å². The van der Waals surface area contributed by atoms with E-state index in [1.807, 2.05) is 72.8 Å². The number of nitrogens with zero attached hydrogens (tertiary/aromatic N) is 9. The molecule has 1 aliphatic rings. The molecule has 6 rings (SSSR count). The average molecular weight is 841 g/mol. The van der Waals surface area contributed by atoms with E-state index in [0.717, 1.165) is 47.0 Å². The fourth-order valence-corrected chi connectivity index (χ4v) is 4.69. The van der Waals surface area contributed by atoms with Gasteiger partial charge in [-0.25, -0.2) is 15.0 Å². The second-order valence-electron chi connectivity index (χ2n) is 12.0. The smallest absolute Gasteiger partial charge is 0.356 e. The van der Waals surface area contributed by atoms with Gasteiger partial charge in [0.25, 0.3) is 0 Å². The first-order valence-corrected chi connectivity index (χ1v) is 15.0. The second kappa shape index (κ2) is 21.1. The van der Waals surface area contributed by atoms with Gasteiger partial charge in [-0.1, -0.05) is 81.8 Å². The first-order chi connectivity index (χ1) is 23.9. The molecule has 269 valence electrons. The zero-order valence-electron chi connectivity index (χ0n) is 28.8. The largest absolute Gasteiger partial charge is 3.00 e. The predicted octanol–water partition coefficient (Wildman–Crippen LogP) is 6.68. The van der Waals surface area contributed by atoms with Crippen molar-refractivity contribution in [1.82, 2.24) is 30.1 Å². The van der Waals surface area contributed by atoms with Crippen LogP contribution in [0.3, 0.4) is 0 Å². The van der Waals surface area contributed by atoms with Crippen molar-refractivity contribution in [1.29, 1.82) is 0 Å². The normalized spacial score (nSPS) is 12.6. The zero-order valence-corrected chi connectivity index (χ0v) is 31.9. The molecule has 4 aromatic heterocycles. The van der Waals surface area contributed by atoms with Gasteiger partial charge < -0.3 is 46.0 Å². The SMILES string of the molecule is CC1(C)CCC(C)(C)c2nc(-c3cccc(-c4cccc(-c5ccccn5)n4)n3)nnc21.Cc1ccccc1.O=[N+]([O-])[O-].O=[N+]([O-])[O-].O=[N+]([O-])[O-].[Ce+3]. The molecule has 0 aliphatic heterocycles. The van der Waals surface area contributed by atoms with E-state index in [0.29, 0.717) is 11.5 Å². The molecule has 1 radical (unpaired) electrons.